The lowest BCUT2D eigenvalue weighted by atomic mass is 9.86. The third-order valence-electron chi connectivity index (χ3n) is 6.02. The highest BCUT2D eigenvalue weighted by Crippen LogP contribution is 2.30. The summed E-state index contributed by atoms with van der Waals surface area (Å²) in [5.41, 5.74) is 5.98. The Hall–Kier alpha value is -2.61. The summed E-state index contributed by atoms with van der Waals surface area (Å²) in [6, 6.07) is 7.50. The van der Waals surface area contributed by atoms with E-state index in [0.29, 0.717) is 17.9 Å². The van der Waals surface area contributed by atoms with Crippen LogP contribution in [0.2, 0.25) is 0 Å². The summed E-state index contributed by atoms with van der Waals surface area (Å²) in [6.07, 6.45) is 2.92. The van der Waals surface area contributed by atoms with Crippen molar-refractivity contribution < 1.29 is 22.7 Å². The highest BCUT2D eigenvalue weighted by Gasteiger charge is 2.28. The van der Waals surface area contributed by atoms with Gasteiger partial charge in [-0.25, -0.2) is 4.98 Å². The SMILES string of the molecule is CC(COCC(F)(F)F)NC(=O)c1cccnc1N1CCc2cc3c(cc2C1)CCCC3. The average molecular weight is 448 g/mol. The zero-order valence-electron chi connectivity index (χ0n) is 18.2. The Bertz CT molecular complexity index is 977. The number of benzene rings is 1. The van der Waals surface area contributed by atoms with E-state index in [0.717, 1.165) is 25.8 Å². The number of hydrogen-bond donors (Lipinski definition) is 1. The molecule has 1 aromatic heterocycles. The summed E-state index contributed by atoms with van der Waals surface area (Å²) in [7, 11) is 0. The molecule has 0 spiro atoms. The van der Waals surface area contributed by atoms with Crippen LogP contribution in [0.4, 0.5) is 19.0 Å². The third-order valence-corrected chi connectivity index (χ3v) is 6.02. The Kier molecular flexibility index (Phi) is 6.69. The number of rotatable bonds is 6. The maximum atomic E-state index is 12.9. The summed E-state index contributed by atoms with van der Waals surface area (Å²) in [5, 5.41) is 2.72. The quantitative estimate of drug-likeness (QED) is 0.721. The van der Waals surface area contributed by atoms with Gasteiger partial charge in [-0.3, -0.25) is 4.79 Å². The van der Waals surface area contributed by atoms with Crippen LogP contribution in [0.1, 0.15) is 52.4 Å². The van der Waals surface area contributed by atoms with Crippen molar-refractivity contribution in [2.24, 2.45) is 0 Å². The van der Waals surface area contributed by atoms with E-state index < -0.39 is 18.8 Å². The van der Waals surface area contributed by atoms with Crippen molar-refractivity contribution >= 4 is 11.7 Å². The lowest BCUT2D eigenvalue weighted by Gasteiger charge is -2.32. The van der Waals surface area contributed by atoms with Crippen molar-refractivity contribution in [3.63, 3.8) is 0 Å². The number of hydrogen-bond acceptors (Lipinski definition) is 4. The van der Waals surface area contributed by atoms with E-state index in [9.17, 15) is 18.0 Å². The number of carbonyl (C=O) groups is 1. The van der Waals surface area contributed by atoms with Gasteiger partial charge in [-0.2, -0.15) is 13.2 Å². The number of ether oxygens (including phenoxy) is 1. The number of carbonyl (C=O) groups excluding carboxylic acids is 1. The summed E-state index contributed by atoms with van der Waals surface area (Å²) >= 11 is 0. The number of anilines is 1. The summed E-state index contributed by atoms with van der Waals surface area (Å²) < 4.78 is 41.5. The standard InChI is InChI=1S/C24H28F3N3O2/c1-16(14-32-15-24(25,26)27)29-23(31)21-7-4-9-28-22(21)30-10-8-19-11-17-5-2-3-6-18(17)12-20(19)13-30/h4,7,9,11-12,16H,2-3,5-6,8,10,13-15H2,1H3,(H,29,31). The summed E-state index contributed by atoms with van der Waals surface area (Å²) in [5.74, 6) is 0.226. The molecule has 2 heterocycles. The molecule has 1 atom stereocenters. The Labute approximate surface area is 186 Å². The van der Waals surface area contributed by atoms with Gasteiger partial charge in [0.1, 0.15) is 12.4 Å². The normalized spacial score (nSPS) is 16.8. The van der Waals surface area contributed by atoms with Crippen LogP contribution in [-0.4, -0.2) is 42.9 Å². The topological polar surface area (TPSA) is 54.5 Å². The molecule has 0 bridgehead atoms. The van der Waals surface area contributed by atoms with Crippen molar-refractivity contribution in [1.82, 2.24) is 10.3 Å². The van der Waals surface area contributed by atoms with Crippen LogP contribution >= 0.6 is 0 Å². The second-order valence-electron chi connectivity index (χ2n) is 8.65. The van der Waals surface area contributed by atoms with Gasteiger partial charge in [0, 0.05) is 25.3 Å². The molecule has 2 aliphatic rings. The number of aryl methyl sites for hydroxylation is 2. The molecular weight excluding hydrogens is 419 g/mol. The average Bonchev–Trinajstić information content (AvgIpc) is 2.76. The van der Waals surface area contributed by atoms with Crippen molar-refractivity contribution in [3.05, 3.63) is 58.3 Å². The second kappa shape index (κ2) is 9.48. The van der Waals surface area contributed by atoms with Crippen LogP contribution in [0.15, 0.2) is 30.5 Å². The van der Waals surface area contributed by atoms with Crippen molar-refractivity contribution in [2.75, 3.05) is 24.7 Å². The molecule has 5 nitrogen and oxygen atoms in total. The van der Waals surface area contributed by atoms with Gasteiger partial charge in [-0.05, 0) is 73.4 Å². The van der Waals surface area contributed by atoms with Gasteiger partial charge < -0.3 is 15.0 Å². The predicted molar refractivity (Wildman–Crippen MR) is 116 cm³/mol. The number of nitrogens with zero attached hydrogens (tertiary/aromatic N) is 2. The molecule has 2 aromatic rings. The first kappa shape index (κ1) is 22.6. The minimum absolute atomic E-state index is 0.219. The highest BCUT2D eigenvalue weighted by molar-refractivity contribution is 5.99. The van der Waals surface area contributed by atoms with Gasteiger partial charge in [0.2, 0.25) is 0 Å². The Morgan fingerprint density at radius 1 is 1.16 bits per heavy atom. The van der Waals surface area contributed by atoms with E-state index in [-0.39, 0.29) is 12.5 Å². The predicted octanol–water partition coefficient (Wildman–Crippen LogP) is 4.22. The van der Waals surface area contributed by atoms with E-state index in [4.69, 9.17) is 0 Å². The van der Waals surface area contributed by atoms with Crippen molar-refractivity contribution in [3.8, 4) is 0 Å². The van der Waals surface area contributed by atoms with E-state index in [1.807, 2.05) is 0 Å². The Morgan fingerprint density at radius 3 is 2.56 bits per heavy atom. The molecule has 0 radical (unpaired) electrons. The van der Waals surface area contributed by atoms with Crippen molar-refractivity contribution in [2.45, 2.75) is 57.8 Å². The number of alkyl halides is 3. The maximum absolute atomic E-state index is 12.9. The molecule has 1 aliphatic carbocycles. The van der Waals surface area contributed by atoms with Gasteiger partial charge in [-0.1, -0.05) is 12.1 Å². The molecule has 0 saturated carbocycles. The van der Waals surface area contributed by atoms with Gasteiger partial charge in [0.05, 0.1) is 12.2 Å². The molecule has 8 heteroatoms. The van der Waals surface area contributed by atoms with E-state index in [1.165, 1.54) is 35.1 Å². The maximum Gasteiger partial charge on any atom is 0.411 e. The Balaban J connectivity index is 1.45. The molecule has 1 unspecified atom stereocenters. The number of nitrogens with one attached hydrogen (secondary N) is 1. The van der Waals surface area contributed by atoms with Gasteiger partial charge in [0.25, 0.3) is 5.91 Å². The highest BCUT2D eigenvalue weighted by atomic mass is 19.4. The molecule has 1 aromatic carbocycles. The molecule has 172 valence electrons. The second-order valence-corrected chi connectivity index (χ2v) is 8.65. The molecule has 4 rings (SSSR count). The lowest BCUT2D eigenvalue weighted by Crippen LogP contribution is -2.39. The van der Waals surface area contributed by atoms with Crippen LogP contribution in [0, 0.1) is 0 Å². The molecular formula is C24H28F3N3O2. The molecule has 1 N–H and O–H groups in total. The van der Waals surface area contributed by atoms with E-state index >= 15 is 0 Å². The number of fused-ring (bicyclic) bond motifs is 2. The summed E-state index contributed by atoms with van der Waals surface area (Å²) in [4.78, 5) is 19.4. The fourth-order valence-corrected chi connectivity index (χ4v) is 4.51. The first-order chi connectivity index (χ1) is 15.3. The number of halogens is 3. The number of pyridine rings is 1. The summed E-state index contributed by atoms with van der Waals surface area (Å²) in [6.45, 7) is 1.51. The molecule has 0 fully saturated rings. The van der Waals surface area contributed by atoms with Gasteiger partial charge in [0.15, 0.2) is 0 Å². The van der Waals surface area contributed by atoms with Crippen LogP contribution < -0.4 is 10.2 Å². The first-order valence-corrected chi connectivity index (χ1v) is 11.1. The first-order valence-electron chi connectivity index (χ1n) is 11.1. The molecule has 1 amide bonds. The minimum atomic E-state index is -4.38. The monoisotopic (exact) mass is 447 g/mol. The van der Waals surface area contributed by atoms with Crippen LogP contribution in [0.5, 0.6) is 0 Å². The largest absolute Gasteiger partial charge is 0.411 e. The fraction of sp³-hybridized carbons (Fsp3) is 0.500. The van der Waals surface area contributed by atoms with Gasteiger partial charge >= 0.3 is 6.18 Å². The Morgan fingerprint density at radius 2 is 1.84 bits per heavy atom. The zero-order valence-corrected chi connectivity index (χ0v) is 18.2. The molecule has 0 saturated heterocycles. The third kappa shape index (κ3) is 5.41. The lowest BCUT2D eigenvalue weighted by molar-refractivity contribution is -0.174. The zero-order chi connectivity index (χ0) is 22.7. The van der Waals surface area contributed by atoms with E-state index in [2.05, 4.69) is 32.1 Å². The van der Waals surface area contributed by atoms with Crippen LogP contribution in [-0.2, 0) is 30.5 Å². The van der Waals surface area contributed by atoms with Crippen LogP contribution in [0.3, 0.4) is 0 Å². The number of aromatic nitrogens is 1. The van der Waals surface area contributed by atoms with Crippen molar-refractivity contribution in [1.29, 1.82) is 0 Å². The number of amides is 1. The van der Waals surface area contributed by atoms with E-state index in [1.54, 1.807) is 25.3 Å². The molecule has 32 heavy (non-hydrogen) atoms. The smallest absolute Gasteiger partial charge is 0.370 e. The minimum Gasteiger partial charge on any atom is -0.370 e. The fourth-order valence-electron chi connectivity index (χ4n) is 4.51. The van der Waals surface area contributed by atoms with Gasteiger partial charge in [-0.15, -0.1) is 0 Å². The molecule has 1 aliphatic heterocycles. The van der Waals surface area contributed by atoms with Crippen LogP contribution in [0.25, 0.3) is 0 Å².